The maximum Gasteiger partial charge on any atom is 0.289 e. The van der Waals surface area contributed by atoms with Gasteiger partial charge in [0.15, 0.2) is 11.2 Å². The molecule has 0 saturated carbocycles. The number of carbonyl (C=O) groups excluding carboxylic acids is 1. The van der Waals surface area contributed by atoms with Crippen LogP contribution in [0.2, 0.25) is 0 Å². The average molecular weight is 350 g/mol. The molecule has 2 heterocycles. The number of hydrogen-bond acceptors (Lipinski definition) is 5. The van der Waals surface area contributed by atoms with Crippen LogP contribution >= 0.6 is 0 Å². The lowest BCUT2D eigenvalue weighted by atomic mass is 10.2. The summed E-state index contributed by atoms with van der Waals surface area (Å²) in [5, 5.41) is 9.86. The minimum atomic E-state index is -0.266. The number of para-hydroxylation sites is 1. The van der Waals surface area contributed by atoms with E-state index in [1.165, 1.54) is 6.07 Å². The number of phenols is 1. The summed E-state index contributed by atoms with van der Waals surface area (Å²) in [7, 11) is 0. The molecule has 4 rings (SSSR count). The molecule has 1 saturated heterocycles. The zero-order chi connectivity index (χ0) is 18.1. The van der Waals surface area contributed by atoms with Crippen LogP contribution in [-0.2, 0) is 0 Å². The largest absolute Gasteiger partial charge is 0.508 e. The lowest BCUT2D eigenvalue weighted by Crippen LogP contribution is -2.48. The first-order valence-electron chi connectivity index (χ1n) is 8.48. The molecule has 2 aromatic carbocycles. The van der Waals surface area contributed by atoms with Crippen molar-refractivity contribution < 1.29 is 14.3 Å². The van der Waals surface area contributed by atoms with E-state index in [1.807, 2.05) is 12.1 Å². The van der Waals surface area contributed by atoms with Gasteiger partial charge in [0.05, 0.1) is 5.39 Å². The van der Waals surface area contributed by atoms with Gasteiger partial charge in [0.1, 0.15) is 11.3 Å². The second-order valence-corrected chi connectivity index (χ2v) is 6.27. The van der Waals surface area contributed by atoms with Gasteiger partial charge in [0.25, 0.3) is 5.91 Å². The van der Waals surface area contributed by atoms with E-state index in [9.17, 15) is 14.7 Å². The Morgan fingerprint density at radius 3 is 2.38 bits per heavy atom. The summed E-state index contributed by atoms with van der Waals surface area (Å²) in [5.74, 6) is 0.0406. The molecule has 3 aromatic rings. The maximum atomic E-state index is 12.7. The molecule has 0 bridgehead atoms. The number of benzene rings is 2. The third kappa shape index (κ3) is 3.01. The highest BCUT2D eigenvalue weighted by Gasteiger charge is 2.24. The van der Waals surface area contributed by atoms with Crippen LogP contribution < -0.4 is 10.3 Å². The van der Waals surface area contributed by atoms with Crippen molar-refractivity contribution in [2.24, 2.45) is 0 Å². The van der Waals surface area contributed by atoms with E-state index in [1.54, 1.807) is 41.3 Å². The molecule has 1 aliphatic rings. The van der Waals surface area contributed by atoms with Gasteiger partial charge in [-0.25, -0.2) is 0 Å². The molecule has 0 unspecified atom stereocenters. The van der Waals surface area contributed by atoms with E-state index in [4.69, 9.17) is 4.42 Å². The zero-order valence-corrected chi connectivity index (χ0v) is 14.1. The number of phenolic OH excluding ortho intramolecular Hbond substituents is 1. The Kier molecular flexibility index (Phi) is 4.08. The van der Waals surface area contributed by atoms with Crippen molar-refractivity contribution in [1.29, 1.82) is 0 Å². The first-order chi connectivity index (χ1) is 12.6. The Labute approximate surface area is 149 Å². The highest BCUT2D eigenvalue weighted by Crippen LogP contribution is 2.21. The SMILES string of the molecule is O=C(c1cc(=O)c2ccccc2o1)N1CCN(c2ccc(O)cc2)CC1. The highest BCUT2D eigenvalue weighted by molar-refractivity contribution is 5.93. The van der Waals surface area contributed by atoms with Crippen LogP contribution in [0, 0.1) is 0 Å². The number of amides is 1. The van der Waals surface area contributed by atoms with Gasteiger partial charge in [-0.3, -0.25) is 9.59 Å². The van der Waals surface area contributed by atoms with E-state index in [0.29, 0.717) is 37.1 Å². The Hall–Kier alpha value is -3.28. The van der Waals surface area contributed by atoms with E-state index in [2.05, 4.69) is 4.90 Å². The zero-order valence-electron chi connectivity index (χ0n) is 14.1. The normalized spacial score (nSPS) is 14.6. The van der Waals surface area contributed by atoms with Gasteiger partial charge in [-0.05, 0) is 36.4 Å². The molecule has 0 radical (unpaired) electrons. The molecular formula is C20H18N2O4. The van der Waals surface area contributed by atoms with E-state index in [-0.39, 0.29) is 22.8 Å². The van der Waals surface area contributed by atoms with Gasteiger partial charge in [0.2, 0.25) is 0 Å². The monoisotopic (exact) mass is 350 g/mol. The third-order valence-electron chi connectivity index (χ3n) is 4.63. The number of hydrogen-bond donors (Lipinski definition) is 1. The van der Waals surface area contributed by atoms with Crippen LogP contribution in [0.25, 0.3) is 11.0 Å². The van der Waals surface area contributed by atoms with Crippen molar-refractivity contribution >= 4 is 22.6 Å². The van der Waals surface area contributed by atoms with Crippen LogP contribution in [0.4, 0.5) is 5.69 Å². The minimum absolute atomic E-state index is 0.0757. The summed E-state index contributed by atoms with van der Waals surface area (Å²) >= 11 is 0. The number of aromatic hydroxyl groups is 1. The van der Waals surface area contributed by atoms with Crippen molar-refractivity contribution in [3.8, 4) is 5.75 Å². The summed E-state index contributed by atoms with van der Waals surface area (Å²) < 4.78 is 5.65. The summed E-state index contributed by atoms with van der Waals surface area (Å²) in [4.78, 5) is 28.8. The van der Waals surface area contributed by atoms with Crippen LogP contribution in [0.1, 0.15) is 10.6 Å². The lowest BCUT2D eigenvalue weighted by Gasteiger charge is -2.35. The molecule has 6 nitrogen and oxygen atoms in total. The van der Waals surface area contributed by atoms with Gasteiger partial charge in [-0.1, -0.05) is 12.1 Å². The standard InChI is InChI=1S/C20H18N2O4/c23-15-7-5-14(6-8-15)21-9-11-22(12-10-21)20(25)19-13-17(24)16-3-1-2-4-18(16)26-19/h1-8,13,23H,9-12H2. The molecule has 1 aliphatic heterocycles. The number of piperazine rings is 1. The lowest BCUT2D eigenvalue weighted by molar-refractivity contribution is 0.0715. The molecule has 6 heteroatoms. The van der Waals surface area contributed by atoms with Crippen molar-refractivity contribution in [1.82, 2.24) is 4.90 Å². The summed E-state index contributed by atoms with van der Waals surface area (Å²) in [6.45, 7) is 2.43. The smallest absolute Gasteiger partial charge is 0.289 e. The van der Waals surface area contributed by atoms with Gasteiger partial charge in [-0.2, -0.15) is 0 Å². The van der Waals surface area contributed by atoms with Gasteiger partial charge < -0.3 is 19.3 Å². The van der Waals surface area contributed by atoms with Crippen molar-refractivity contribution in [3.05, 3.63) is 70.6 Å². The fourth-order valence-electron chi connectivity index (χ4n) is 3.20. The molecule has 0 aliphatic carbocycles. The van der Waals surface area contributed by atoms with Crippen molar-refractivity contribution in [2.45, 2.75) is 0 Å². The molecule has 26 heavy (non-hydrogen) atoms. The van der Waals surface area contributed by atoms with Crippen LogP contribution in [0.3, 0.4) is 0 Å². The fraction of sp³-hybridized carbons (Fsp3) is 0.200. The van der Waals surface area contributed by atoms with Gasteiger partial charge >= 0.3 is 0 Å². The molecule has 1 fully saturated rings. The number of carbonyl (C=O) groups is 1. The van der Waals surface area contributed by atoms with Crippen LogP contribution in [-0.4, -0.2) is 42.1 Å². The Morgan fingerprint density at radius 1 is 0.962 bits per heavy atom. The predicted octanol–water partition coefficient (Wildman–Crippen LogP) is 2.46. The number of anilines is 1. The first kappa shape index (κ1) is 16.2. The van der Waals surface area contributed by atoms with Crippen LogP contribution in [0.15, 0.2) is 63.8 Å². The summed E-state index contributed by atoms with van der Waals surface area (Å²) in [6.07, 6.45) is 0. The average Bonchev–Trinajstić information content (AvgIpc) is 2.68. The Balaban J connectivity index is 1.50. The molecular weight excluding hydrogens is 332 g/mol. The first-order valence-corrected chi connectivity index (χ1v) is 8.48. The van der Waals surface area contributed by atoms with Gasteiger partial charge in [-0.15, -0.1) is 0 Å². The summed E-state index contributed by atoms with van der Waals surface area (Å²) in [6, 6.07) is 15.2. The van der Waals surface area contributed by atoms with Gasteiger partial charge in [0, 0.05) is 37.9 Å². The Bertz CT molecular complexity index is 1000. The topological polar surface area (TPSA) is 74.0 Å². The highest BCUT2D eigenvalue weighted by atomic mass is 16.3. The van der Waals surface area contributed by atoms with E-state index in [0.717, 1.165) is 5.69 Å². The molecule has 1 amide bonds. The molecule has 0 spiro atoms. The fourth-order valence-corrected chi connectivity index (χ4v) is 3.20. The Morgan fingerprint density at radius 2 is 1.65 bits per heavy atom. The molecule has 1 aromatic heterocycles. The second-order valence-electron chi connectivity index (χ2n) is 6.27. The number of nitrogens with zero attached hydrogens (tertiary/aromatic N) is 2. The second kappa shape index (κ2) is 6.55. The van der Waals surface area contributed by atoms with Crippen molar-refractivity contribution in [2.75, 3.05) is 31.1 Å². The molecule has 1 N–H and O–H groups in total. The molecule has 132 valence electrons. The van der Waals surface area contributed by atoms with E-state index >= 15 is 0 Å². The predicted molar refractivity (Wildman–Crippen MR) is 98.7 cm³/mol. The number of fused-ring (bicyclic) bond motifs is 1. The molecule has 0 atom stereocenters. The third-order valence-corrected chi connectivity index (χ3v) is 4.63. The van der Waals surface area contributed by atoms with E-state index < -0.39 is 0 Å². The number of rotatable bonds is 2. The maximum absolute atomic E-state index is 12.7. The summed E-state index contributed by atoms with van der Waals surface area (Å²) in [5.41, 5.74) is 1.22. The van der Waals surface area contributed by atoms with Crippen molar-refractivity contribution in [3.63, 3.8) is 0 Å². The quantitative estimate of drug-likeness (QED) is 0.768. The minimum Gasteiger partial charge on any atom is -0.508 e. The van der Waals surface area contributed by atoms with Crippen LogP contribution in [0.5, 0.6) is 5.75 Å².